The fourth-order valence-corrected chi connectivity index (χ4v) is 2.94. The standard InChI is InChI=1S/C16H21ClN6/c1-11-19-15(17)10-16(20-11)21-13-9-12(18)3-4-14(13)23-7-5-22(2)6-8-23/h3-4,9-10H,5-8,18H2,1-2H3,(H,19,20,21). The first-order valence-electron chi connectivity index (χ1n) is 7.62. The minimum absolute atomic E-state index is 0.421. The Morgan fingerprint density at radius 2 is 1.87 bits per heavy atom. The number of piperazine rings is 1. The first-order valence-corrected chi connectivity index (χ1v) is 8.00. The summed E-state index contributed by atoms with van der Waals surface area (Å²) >= 11 is 6.02. The Morgan fingerprint density at radius 3 is 2.57 bits per heavy atom. The van der Waals surface area contributed by atoms with Crippen molar-refractivity contribution in [3.63, 3.8) is 0 Å². The van der Waals surface area contributed by atoms with Gasteiger partial charge in [0, 0.05) is 37.9 Å². The zero-order chi connectivity index (χ0) is 16.4. The van der Waals surface area contributed by atoms with Crippen molar-refractivity contribution >= 4 is 34.5 Å². The molecular formula is C16H21ClN6. The number of halogens is 1. The number of nitrogens with two attached hydrogens (primary N) is 1. The number of anilines is 4. The molecule has 2 heterocycles. The molecule has 0 saturated carbocycles. The van der Waals surface area contributed by atoms with Crippen molar-refractivity contribution in [2.45, 2.75) is 6.92 Å². The first kappa shape index (κ1) is 15.8. The smallest absolute Gasteiger partial charge is 0.135 e. The molecule has 2 aromatic rings. The number of nitrogens with one attached hydrogen (secondary N) is 1. The molecule has 0 spiro atoms. The maximum Gasteiger partial charge on any atom is 0.135 e. The molecular weight excluding hydrogens is 312 g/mol. The molecule has 0 aliphatic carbocycles. The summed E-state index contributed by atoms with van der Waals surface area (Å²) in [5, 5.41) is 3.75. The molecule has 0 bridgehead atoms. The Balaban J connectivity index is 1.90. The van der Waals surface area contributed by atoms with Crippen LogP contribution in [-0.2, 0) is 0 Å². The van der Waals surface area contributed by atoms with Crippen LogP contribution in [0.2, 0.25) is 5.15 Å². The van der Waals surface area contributed by atoms with Crippen molar-refractivity contribution in [1.82, 2.24) is 14.9 Å². The fourth-order valence-electron chi connectivity index (χ4n) is 2.71. The van der Waals surface area contributed by atoms with Gasteiger partial charge in [-0.15, -0.1) is 0 Å². The van der Waals surface area contributed by atoms with Crippen LogP contribution in [0.5, 0.6) is 0 Å². The number of likely N-dealkylation sites (N-methyl/N-ethyl adjacent to an activating group) is 1. The van der Waals surface area contributed by atoms with E-state index in [4.69, 9.17) is 17.3 Å². The summed E-state index contributed by atoms with van der Waals surface area (Å²) in [4.78, 5) is 13.2. The Labute approximate surface area is 141 Å². The quantitative estimate of drug-likeness (QED) is 0.665. The highest BCUT2D eigenvalue weighted by atomic mass is 35.5. The van der Waals surface area contributed by atoms with Gasteiger partial charge in [-0.1, -0.05) is 11.6 Å². The van der Waals surface area contributed by atoms with Crippen LogP contribution in [0.25, 0.3) is 0 Å². The topological polar surface area (TPSA) is 70.3 Å². The molecule has 0 radical (unpaired) electrons. The van der Waals surface area contributed by atoms with Crippen LogP contribution in [0.3, 0.4) is 0 Å². The van der Waals surface area contributed by atoms with Crippen molar-refractivity contribution in [2.75, 3.05) is 49.2 Å². The van der Waals surface area contributed by atoms with Crippen LogP contribution in [0, 0.1) is 6.92 Å². The number of benzene rings is 1. The monoisotopic (exact) mass is 332 g/mol. The molecule has 1 aromatic heterocycles. The molecule has 1 aliphatic rings. The highest BCUT2D eigenvalue weighted by Gasteiger charge is 2.17. The molecule has 3 N–H and O–H groups in total. The van der Waals surface area contributed by atoms with Gasteiger partial charge in [-0.2, -0.15) is 0 Å². The molecule has 122 valence electrons. The molecule has 6 nitrogen and oxygen atoms in total. The van der Waals surface area contributed by atoms with Crippen LogP contribution in [0.4, 0.5) is 22.9 Å². The number of hydrogen-bond donors (Lipinski definition) is 2. The number of nitrogen functional groups attached to an aromatic ring is 1. The van der Waals surface area contributed by atoms with E-state index in [1.165, 1.54) is 0 Å². The van der Waals surface area contributed by atoms with Gasteiger partial charge in [-0.25, -0.2) is 9.97 Å². The van der Waals surface area contributed by atoms with E-state index in [-0.39, 0.29) is 0 Å². The largest absolute Gasteiger partial charge is 0.399 e. The van der Waals surface area contributed by atoms with Crippen LogP contribution < -0.4 is 16.0 Å². The summed E-state index contributed by atoms with van der Waals surface area (Å²) in [7, 11) is 2.14. The molecule has 0 amide bonds. The van der Waals surface area contributed by atoms with E-state index >= 15 is 0 Å². The average Bonchev–Trinajstić information content (AvgIpc) is 2.47. The maximum atomic E-state index is 6.02. The van der Waals surface area contributed by atoms with Gasteiger partial charge in [-0.3, -0.25) is 0 Å². The molecule has 3 rings (SSSR count). The SMILES string of the molecule is Cc1nc(Cl)cc(Nc2cc(N)ccc2N2CCN(C)CC2)n1. The van der Waals surface area contributed by atoms with Crippen molar-refractivity contribution in [1.29, 1.82) is 0 Å². The average molecular weight is 333 g/mol. The number of aryl methyl sites for hydroxylation is 1. The number of hydrogen-bond acceptors (Lipinski definition) is 6. The number of rotatable bonds is 3. The summed E-state index contributed by atoms with van der Waals surface area (Å²) in [5.41, 5.74) is 8.74. The molecule has 23 heavy (non-hydrogen) atoms. The van der Waals surface area contributed by atoms with Crippen molar-refractivity contribution in [3.8, 4) is 0 Å². The Kier molecular flexibility index (Phi) is 4.54. The van der Waals surface area contributed by atoms with Gasteiger partial charge >= 0.3 is 0 Å². The molecule has 1 aromatic carbocycles. The third-order valence-corrected chi connectivity index (χ3v) is 4.13. The van der Waals surface area contributed by atoms with E-state index < -0.39 is 0 Å². The Morgan fingerprint density at radius 1 is 1.13 bits per heavy atom. The van der Waals surface area contributed by atoms with Crippen molar-refractivity contribution in [3.05, 3.63) is 35.2 Å². The van der Waals surface area contributed by atoms with Crippen LogP contribution in [0.1, 0.15) is 5.82 Å². The predicted octanol–water partition coefficient (Wildman–Crippen LogP) is 2.52. The normalized spacial score (nSPS) is 15.7. The van der Waals surface area contributed by atoms with Gasteiger partial charge in [0.2, 0.25) is 0 Å². The van der Waals surface area contributed by atoms with Gasteiger partial charge in [0.05, 0.1) is 11.4 Å². The second-order valence-electron chi connectivity index (χ2n) is 5.82. The maximum absolute atomic E-state index is 6.02. The Bertz CT molecular complexity index is 677. The van der Waals surface area contributed by atoms with Gasteiger partial charge in [0.25, 0.3) is 0 Å². The summed E-state index contributed by atoms with van der Waals surface area (Å²) in [6, 6.07) is 7.63. The molecule has 1 fully saturated rings. The van der Waals surface area contributed by atoms with Crippen LogP contribution >= 0.6 is 11.6 Å². The summed E-state index contributed by atoms with van der Waals surface area (Å²) in [6.45, 7) is 5.87. The lowest BCUT2D eigenvalue weighted by Crippen LogP contribution is -2.44. The zero-order valence-electron chi connectivity index (χ0n) is 13.4. The minimum atomic E-state index is 0.421. The first-order chi connectivity index (χ1) is 11.0. The van der Waals surface area contributed by atoms with E-state index in [9.17, 15) is 0 Å². The second-order valence-corrected chi connectivity index (χ2v) is 6.20. The van der Waals surface area contributed by atoms with E-state index in [0.29, 0.717) is 22.5 Å². The summed E-state index contributed by atoms with van der Waals surface area (Å²) in [5.74, 6) is 1.30. The highest BCUT2D eigenvalue weighted by Crippen LogP contribution is 2.31. The van der Waals surface area contributed by atoms with Gasteiger partial charge < -0.3 is 20.9 Å². The molecule has 7 heteroatoms. The summed E-state index contributed by atoms with van der Waals surface area (Å²) < 4.78 is 0. The fraction of sp³-hybridized carbons (Fsp3) is 0.375. The Hall–Kier alpha value is -2.05. The van der Waals surface area contributed by atoms with E-state index in [0.717, 1.165) is 37.6 Å². The third kappa shape index (κ3) is 3.83. The van der Waals surface area contributed by atoms with Gasteiger partial charge in [0.1, 0.15) is 16.8 Å². The lowest BCUT2D eigenvalue weighted by atomic mass is 10.2. The molecule has 1 saturated heterocycles. The van der Waals surface area contributed by atoms with E-state index in [2.05, 4.69) is 38.2 Å². The lowest BCUT2D eigenvalue weighted by Gasteiger charge is -2.35. The lowest BCUT2D eigenvalue weighted by molar-refractivity contribution is 0.313. The summed E-state index contributed by atoms with van der Waals surface area (Å²) in [6.07, 6.45) is 0. The van der Waals surface area contributed by atoms with Gasteiger partial charge in [0.15, 0.2) is 0 Å². The minimum Gasteiger partial charge on any atom is -0.399 e. The van der Waals surface area contributed by atoms with Crippen molar-refractivity contribution in [2.24, 2.45) is 0 Å². The van der Waals surface area contributed by atoms with Crippen molar-refractivity contribution < 1.29 is 0 Å². The molecule has 0 atom stereocenters. The molecule has 0 unspecified atom stereocenters. The van der Waals surface area contributed by atoms with E-state index in [1.54, 1.807) is 6.07 Å². The van der Waals surface area contributed by atoms with Gasteiger partial charge in [-0.05, 0) is 32.2 Å². The zero-order valence-corrected chi connectivity index (χ0v) is 14.1. The number of aromatic nitrogens is 2. The number of nitrogens with zero attached hydrogens (tertiary/aromatic N) is 4. The van der Waals surface area contributed by atoms with E-state index in [1.807, 2.05) is 19.1 Å². The van der Waals surface area contributed by atoms with Crippen LogP contribution in [0.15, 0.2) is 24.3 Å². The second kappa shape index (κ2) is 6.60. The predicted molar refractivity (Wildman–Crippen MR) is 95.6 cm³/mol. The molecule has 1 aliphatic heterocycles. The third-order valence-electron chi connectivity index (χ3n) is 3.93. The highest BCUT2D eigenvalue weighted by molar-refractivity contribution is 6.29. The van der Waals surface area contributed by atoms with Crippen LogP contribution in [-0.4, -0.2) is 48.1 Å².